The minimum absolute atomic E-state index is 0.143. The summed E-state index contributed by atoms with van der Waals surface area (Å²) in [6, 6.07) is 10.2. The molecule has 0 radical (unpaired) electrons. The Bertz CT molecular complexity index is 358. The van der Waals surface area contributed by atoms with Crippen molar-refractivity contribution in [2.24, 2.45) is 5.73 Å². The summed E-state index contributed by atoms with van der Waals surface area (Å²) in [5, 5.41) is 0. The van der Waals surface area contributed by atoms with Crippen LogP contribution in [0.25, 0.3) is 0 Å². The summed E-state index contributed by atoms with van der Waals surface area (Å²) in [4.78, 5) is 0. The topological polar surface area (TPSA) is 44.5 Å². The van der Waals surface area contributed by atoms with Crippen LogP contribution < -0.4 is 5.73 Å². The van der Waals surface area contributed by atoms with Crippen molar-refractivity contribution in [1.29, 1.82) is 0 Å². The average Bonchev–Trinajstić information content (AvgIpc) is 2.32. The fourth-order valence-corrected chi connectivity index (χ4v) is 2.49. The van der Waals surface area contributed by atoms with Gasteiger partial charge in [-0.15, -0.1) is 0 Å². The molecule has 0 aliphatic heterocycles. The molecule has 1 aliphatic carbocycles. The SMILES string of the molecule is CC(C)OC1(CN)CC(OCc2ccccc2)C1. The molecule has 3 nitrogen and oxygen atoms in total. The van der Waals surface area contributed by atoms with Crippen LogP contribution in [0.2, 0.25) is 0 Å². The summed E-state index contributed by atoms with van der Waals surface area (Å²) in [5.41, 5.74) is 6.88. The van der Waals surface area contributed by atoms with Crippen molar-refractivity contribution >= 4 is 0 Å². The van der Waals surface area contributed by atoms with Crippen molar-refractivity contribution in [3.05, 3.63) is 35.9 Å². The predicted molar refractivity (Wildman–Crippen MR) is 72.3 cm³/mol. The van der Waals surface area contributed by atoms with Crippen LogP contribution in [0.4, 0.5) is 0 Å². The van der Waals surface area contributed by atoms with Gasteiger partial charge in [-0.3, -0.25) is 0 Å². The van der Waals surface area contributed by atoms with Gasteiger partial charge in [0.1, 0.15) is 0 Å². The van der Waals surface area contributed by atoms with Crippen molar-refractivity contribution in [3.63, 3.8) is 0 Å². The maximum absolute atomic E-state index is 5.90. The Morgan fingerprint density at radius 2 is 1.94 bits per heavy atom. The number of benzene rings is 1. The predicted octanol–water partition coefficient (Wildman–Crippen LogP) is 2.49. The molecule has 0 saturated heterocycles. The van der Waals surface area contributed by atoms with E-state index in [1.165, 1.54) is 5.56 Å². The van der Waals surface area contributed by atoms with E-state index in [-0.39, 0.29) is 17.8 Å². The first-order valence-corrected chi connectivity index (χ1v) is 6.67. The summed E-state index contributed by atoms with van der Waals surface area (Å²) in [6.45, 7) is 5.36. The van der Waals surface area contributed by atoms with E-state index in [4.69, 9.17) is 15.2 Å². The normalized spacial score (nSPS) is 27.2. The monoisotopic (exact) mass is 249 g/mol. The zero-order valence-corrected chi connectivity index (χ0v) is 11.3. The third-order valence-electron chi connectivity index (χ3n) is 3.39. The van der Waals surface area contributed by atoms with E-state index in [2.05, 4.69) is 26.0 Å². The summed E-state index contributed by atoms with van der Waals surface area (Å²) < 4.78 is 11.8. The van der Waals surface area contributed by atoms with Gasteiger partial charge in [-0.1, -0.05) is 30.3 Å². The molecule has 0 amide bonds. The Labute approximate surface area is 109 Å². The lowest BCUT2D eigenvalue weighted by molar-refractivity contribution is -0.186. The van der Waals surface area contributed by atoms with E-state index >= 15 is 0 Å². The number of nitrogens with two attached hydrogens (primary N) is 1. The molecule has 1 saturated carbocycles. The average molecular weight is 249 g/mol. The van der Waals surface area contributed by atoms with Crippen LogP contribution >= 0.6 is 0 Å². The van der Waals surface area contributed by atoms with E-state index in [1.54, 1.807) is 0 Å². The fourth-order valence-electron chi connectivity index (χ4n) is 2.49. The lowest BCUT2D eigenvalue weighted by Gasteiger charge is -2.47. The van der Waals surface area contributed by atoms with Gasteiger partial charge >= 0.3 is 0 Å². The van der Waals surface area contributed by atoms with Gasteiger partial charge in [0.05, 0.1) is 24.4 Å². The standard InChI is InChI=1S/C15H23NO2/c1-12(2)18-15(11-16)8-14(9-15)17-10-13-6-4-3-5-7-13/h3-7,12,14H,8-11,16H2,1-2H3. The Kier molecular flexibility index (Phi) is 4.38. The van der Waals surface area contributed by atoms with E-state index in [1.807, 2.05) is 18.2 Å². The first-order valence-electron chi connectivity index (χ1n) is 6.67. The van der Waals surface area contributed by atoms with Gasteiger partial charge in [0.15, 0.2) is 0 Å². The van der Waals surface area contributed by atoms with E-state index in [9.17, 15) is 0 Å². The Morgan fingerprint density at radius 3 is 2.50 bits per heavy atom. The van der Waals surface area contributed by atoms with Crippen LogP contribution in [0.5, 0.6) is 0 Å². The molecule has 1 fully saturated rings. The molecule has 0 spiro atoms. The third-order valence-corrected chi connectivity index (χ3v) is 3.39. The van der Waals surface area contributed by atoms with Crippen molar-refractivity contribution in [1.82, 2.24) is 0 Å². The van der Waals surface area contributed by atoms with Gasteiger partial charge in [0.25, 0.3) is 0 Å². The molecule has 2 rings (SSSR count). The van der Waals surface area contributed by atoms with Crippen LogP contribution in [-0.2, 0) is 16.1 Å². The maximum Gasteiger partial charge on any atom is 0.0856 e. The van der Waals surface area contributed by atoms with Crippen LogP contribution in [0.15, 0.2) is 30.3 Å². The molecule has 0 heterocycles. The lowest BCUT2D eigenvalue weighted by atomic mass is 9.77. The molecule has 3 heteroatoms. The summed E-state index contributed by atoms with van der Waals surface area (Å²) >= 11 is 0. The first-order chi connectivity index (χ1) is 8.63. The van der Waals surface area contributed by atoms with Crippen molar-refractivity contribution in [2.75, 3.05) is 6.54 Å². The van der Waals surface area contributed by atoms with Crippen LogP contribution in [0, 0.1) is 0 Å². The zero-order valence-electron chi connectivity index (χ0n) is 11.3. The van der Waals surface area contributed by atoms with Crippen molar-refractivity contribution in [3.8, 4) is 0 Å². The molecular weight excluding hydrogens is 226 g/mol. The van der Waals surface area contributed by atoms with Crippen molar-refractivity contribution in [2.45, 2.75) is 51.1 Å². The smallest absolute Gasteiger partial charge is 0.0856 e. The van der Waals surface area contributed by atoms with Gasteiger partial charge in [0.2, 0.25) is 0 Å². The molecule has 0 atom stereocenters. The van der Waals surface area contributed by atoms with Gasteiger partial charge in [-0.2, -0.15) is 0 Å². The Balaban J connectivity index is 1.75. The van der Waals surface area contributed by atoms with E-state index < -0.39 is 0 Å². The van der Waals surface area contributed by atoms with E-state index in [0.29, 0.717) is 13.2 Å². The van der Waals surface area contributed by atoms with Gasteiger partial charge in [-0.25, -0.2) is 0 Å². The summed E-state index contributed by atoms with van der Waals surface area (Å²) in [6.07, 6.45) is 2.33. The molecule has 0 bridgehead atoms. The highest BCUT2D eigenvalue weighted by Crippen LogP contribution is 2.38. The highest BCUT2D eigenvalue weighted by atomic mass is 16.5. The maximum atomic E-state index is 5.90. The number of hydrogen-bond donors (Lipinski definition) is 1. The van der Waals surface area contributed by atoms with Crippen LogP contribution in [0.3, 0.4) is 0 Å². The minimum atomic E-state index is -0.143. The lowest BCUT2D eigenvalue weighted by Crippen LogP contribution is -2.56. The quantitative estimate of drug-likeness (QED) is 0.842. The van der Waals surface area contributed by atoms with Gasteiger partial charge in [-0.05, 0) is 19.4 Å². The van der Waals surface area contributed by atoms with E-state index in [0.717, 1.165) is 12.8 Å². The second kappa shape index (κ2) is 5.83. The first kappa shape index (κ1) is 13.5. The number of rotatable bonds is 6. The number of ether oxygens (including phenoxy) is 2. The molecule has 0 unspecified atom stereocenters. The second-order valence-corrected chi connectivity index (χ2v) is 5.38. The highest BCUT2D eigenvalue weighted by molar-refractivity contribution is 5.13. The summed E-state index contributed by atoms with van der Waals surface area (Å²) in [5.74, 6) is 0. The fraction of sp³-hybridized carbons (Fsp3) is 0.600. The minimum Gasteiger partial charge on any atom is -0.373 e. The molecule has 100 valence electrons. The summed E-state index contributed by atoms with van der Waals surface area (Å²) in [7, 11) is 0. The molecule has 18 heavy (non-hydrogen) atoms. The largest absolute Gasteiger partial charge is 0.373 e. The molecule has 2 N–H and O–H groups in total. The van der Waals surface area contributed by atoms with Crippen LogP contribution in [-0.4, -0.2) is 24.4 Å². The second-order valence-electron chi connectivity index (χ2n) is 5.38. The van der Waals surface area contributed by atoms with Crippen molar-refractivity contribution < 1.29 is 9.47 Å². The molecule has 1 aromatic rings. The molecule has 1 aliphatic rings. The number of hydrogen-bond acceptors (Lipinski definition) is 3. The molecular formula is C15H23NO2. The molecule has 0 aromatic heterocycles. The molecule has 1 aromatic carbocycles. The van der Waals surface area contributed by atoms with Gasteiger partial charge < -0.3 is 15.2 Å². The van der Waals surface area contributed by atoms with Gasteiger partial charge in [0, 0.05) is 19.4 Å². The van der Waals surface area contributed by atoms with Crippen LogP contribution in [0.1, 0.15) is 32.3 Å². The Morgan fingerprint density at radius 1 is 1.28 bits per heavy atom. The zero-order chi connectivity index (χ0) is 13.0. The third kappa shape index (κ3) is 3.31. The Hall–Kier alpha value is -0.900. The highest BCUT2D eigenvalue weighted by Gasteiger charge is 2.45.